The number of amides is 1. The van der Waals surface area contributed by atoms with Gasteiger partial charge in [-0.3, -0.25) is 4.79 Å². The highest BCUT2D eigenvalue weighted by atomic mass is 32.1. The molecule has 1 fully saturated rings. The molecule has 4 rings (SSSR count). The van der Waals surface area contributed by atoms with Gasteiger partial charge >= 0.3 is 0 Å². The van der Waals surface area contributed by atoms with Gasteiger partial charge in [0.05, 0.1) is 11.9 Å². The predicted octanol–water partition coefficient (Wildman–Crippen LogP) is 3.52. The number of hydrogen-bond donors (Lipinski definition) is 1. The Morgan fingerprint density at radius 1 is 1.36 bits per heavy atom. The van der Waals surface area contributed by atoms with Crippen LogP contribution < -0.4 is 5.32 Å². The summed E-state index contributed by atoms with van der Waals surface area (Å²) in [5.74, 6) is 0.0315. The van der Waals surface area contributed by atoms with Crippen molar-refractivity contribution >= 4 is 17.2 Å². The first-order valence-corrected chi connectivity index (χ1v) is 10.6. The van der Waals surface area contributed by atoms with E-state index in [4.69, 9.17) is 0 Å². The fraction of sp³-hybridized carbons (Fsp3) is 0.381. The van der Waals surface area contributed by atoms with Crippen LogP contribution in [0.2, 0.25) is 0 Å². The van der Waals surface area contributed by atoms with Crippen LogP contribution in [0.3, 0.4) is 0 Å². The second-order valence-electron chi connectivity index (χ2n) is 7.19. The lowest BCUT2D eigenvalue weighted by atomic mass is 10.2. The summed E-state index contributed by atoms with van der Waals surface area (Å²) in [7, 11) is 0. The van der Waals surface area contributed by atoms with Crippen LogP contribution >= 0.6 is 11.3 Å². The number of aromatic nitrogens is 3. The number of carbonyl (C=O) groups is 1. The third kappa shape index (κ3) is 3.86. The number of nitrogens with zero attached hydrogens (tertiary/aromatic N) is 4. The molecule has 3 aromatic rings. The van der Waals surface area contributed by atoms with E-state index in [1.165, 1.54) is 16.9 Å². The lowest BCUT2D eigenvalue weighted by Crippen LogP contribution is -2.42. The van der Waals surface area contributed by atoms with Crippen molar-refractivity contribution in [1.82, 2.24) is 25.0 Å². The van der Waals surface area contributed by atoms with Gasteiger partial charge in [0, 0.05) is 36.3 Å². The van der Waals surface area contributed by atoms with E-state index in [-0.39, 0.29) is 11.9 Å². The first kappa shape index (κ1) is 18.8. The van der Waals surface area contributed by atoms with Crippen LogP contribution in [0.4, 0.5) is 0 Å². The molecular weight excluding hydrogens is 370 g/mol. The molecule has 2 aromatic heterocycles. The van der Waals surface area contributed by atoms with Crippen molar-refractivity contribution in [1.29, 1.82) is 0 Å². The van der Waals surface area contributed by atoms with E-state index < -0.39 is 0 Å². The fourth-order valence-corrected chi connectivity index (χ4v) is 4.29. The Balaban J connectivity index is 1.54. The summed E-state index contributed by atoms with van der Waals surface area (Å²) in [4.78, 5) is 19.7. The fourth-order valence-electron chi connectivity index (χ4n) is 3.52. The maximum absolute atomic E-state index is 13.0. The number of rotatable bonds is 6. The second-order valence-corrected chi connectivity index (χ2v) is 8.05. The summed E-state index contributed by atoms with van der Waals surface area (Å²) in [6.45, 7) is 6.78. The third-order valence-corrected chi connectivity index (χ3v) is 5.94. The van der Waals surface area contributed by atoms with Crippen LogP contribution in [0, 0.1) is 6.92 Å². The van der Waals surface area contributed by atoms with E-state index in [9.17, 15) is 4.79 Å². The maximum atomic E-state index is 13.0. The number of nitrogens with one attached hydrogen (secondary N) is 1. The summed E-state index contributed by atoms with van der Waals surface area (Å²) < 4.78 is 1.84. The lowest BCUT2D eigenvalue weighted by Gasteiger charge is -2.27. The summed E-state index contributed by atoms with van der Waals surface area (Å²) in [5, 5.41) is 10.5. The highest BCUT2D eigenvalue weighted by Gasteiger charge is 2.28. The third-order valence-electron chi connectivity index (χ3n) is 5.05. The van der Waals surface area contributed by atoms with E-state index in [1.54, 1.807) is 6.20 Å². The van der Waals surface area contributed by atoms with Crippen molar-refractivity contribution in [2.75, 3.05) is 19.6 Å². The normalized spacial score (nSPS) is 16.4. The van der Waals surface area contributed by atoms with Gasteiger partial charge in [0.15, 0.2) is 0 Å². The van der Waals surface area contributed by atoms with Crippen LogP contribution in [0.15, 0.2) is 42.0 Å². The molecular formula is C21H25N5OS. The standard InChI is InChI=1S/C21H25N5OS/c1-3-10-25(18-8-9-22-12-18)21(27)19-14-28-20(24-19)16-11-23-26(13-16)17-6-4-15(2)5-7-17/h4-7,11,13-14,18,22H,3,8-10,12H2,1-2H3/t18-/m0/s1. The lowest BCUT2D eigenvalue weighted by molar-refractivity contribution is 0.0687. The highest BCUT2D eigenvalue weighted by Crippen LogP contribution is 2.25. The molecule has 1 aromatic carbocycles. The van der Waals surface area contributed by atoms with Crippen molar-refractivity contribution in [3.8, 4) is 16.3 Å². The topological polar surface area (TPSA) is 63.1 Å². The van der Waals surface area contributed by atoms with Gasteiger partial charge < -0.3 is 10.2 Å². The molecule has 1 amide bonds. The maximum Gasteiger partial charge on any atom is 0.273 e. The minimum Gasteiger partial charge on any atom is -0.333 e. The summed E-state index contributed by atoms with van der Waals surface area (Å²) >= 11 is 1.49. The molecule has 0 aliphatic carbocycles. The number of carbonyl (C=O) groups excluding carboxylic acids is 1. The molecule has 0 unspecified atom stereocenters. The van der Waals surface area contributed by atoms with E-state index in [1.807, 2.05) is 33.3 Å². The van der Waals surface area contributed by atoms with Crippen molar-refractivity contribution < 1.29 is 4.79 Å². The molecule has 7 heteroatoms. The molecule has 3 heterocycles. The van der Waals surface area contributed by atoms with Gasteiger partial charge in [-0.1, -0.05) is 24.6 Å². The van der Waals surface area contributed by atoms with E-state index in [0.29, 0.717) is 5.69 Å². The van der Waals surface area contributed by atoms with Crippen LogP contribution in [0.5, 0.6) is 0 Å². The van der Waals surface area contributed by atoms with Gasteiger partial charge in [-0.05, 0) is 38.4 Å². The Bertz CT molecular complexity index is 940. The zero-order valence-corrected chi connectivity index (χ0v) is 17.1. The van der Waals surface area contributed by atoms with Gasteiger partial charge in [-0.25, -0.2) is 9.67 Å². The molecule has 0 saturated carbocycles. The second kappa shape index (κ2) is 8.24. The highest BCUT2D eigenvalue weighted by molar-refractivity contribution is 7.13. The molecule has 6 nitrogen and oxygen atoms in total. The molecule has 146 valence electrons. The van der Waals surface area contributed by atoms with E-state index in [2.05, 4.69) is 41.4 Å². The average molecular weight is 396 g/mol. The predicted molar refractivity (Wildman–Crippen MR) is 112 cm³/mol. The Morgan fingerprint density at radius 3 is 2.89 bits per heavy atom. The Morgan fingerprint density at radius 2 is 2.18 bits per heavy atom. The first-order valence-electron chi connectivity index (χ1n) is 9.75. The van der Waals surface area contributed by atoms with Crippen LogP contribution in [-0.2, 0) is 0 Å². The average Bonchev–Trinajstić information content (AvgIpc) is 3.47. The number of hydrogen-bond acceptors (Lipinski definition) is 5. The van der Waals surface area contributed by atoms with Gasteiger partial charge in [0.2, 0.25) is 0 Å². The largest absolute Gasteiger partial charge is 0.333 e. The van der Waals surface area contributed by atoms with Crippen LogP contribution in [0.25, 0.3) is 16.3 Å². The SMILES string of the molecule is CCCN(C(=O)c1csc(-c2cnn(-c3ccc(C)cc3)c2)n1)[C@H]1CCNC1. The molecule has 1 saturated heterocycles. The van der Waals surface area contributed by atoms with Gasteiger partial charge in [0.25, 0.3) is 5.91 Å². The molecule has 0 bridgehead atoms. The Hall–Kier alpha value is -2.51. The number of aryl methyl sites for hydroxylation is 1. The van der Waals surface area contributed by atoms with Crippen molar-refractivity contribution in [2.45, 2.75) is 32.7 Å². The smallest absolute Gasteiger partial charge is 0.273 e. The zero-order chi connectivity index (χ0) is 19.5. The van der Waals surface area contributed by atoms with E-state index >= 15 is 0 Å². The van der Waals surface area contributed by atoms with Crippen molar-refractivity contribution in [3.63, 3.8) is 0 Å². The van der Waals surface area contributed by atoms with Crippen LogP contribution in [0.1, 0.15) is 35.8 Å². The number of thiazole rings is 1. The molecule has 1 aliphatic heterocycles. The monoisotopic (exact) mass is 395 g/mol. The Labute approximate surface area is 169 Å². The summed E-state index contributed by atoms with van der Waals surface area (Å²) in [6, 6.07) is 8.48. The molecule has 0 spiro atoms. The first-order chi connectivity index (χ1) is 13.7. The molecule has 1 aliphatic rings. The summed E-state index contributed by atoms with van der Waals surface area (Å²) in [5.41, 5.74) is 3.68. The minimum atomic E-state index is 0.0315. The molecule has 1 atom stereocenters. The van der Waals surface area contributed by atoms with E-state index in [0.717, 1.165) is 48.7 Å². The number of benzene rings is 1. The molecule has 0 radical (unpaired) electrons. The van der Waals surface area contributed by atoms with Crippen molar-refractivity contribution in [2.24, 2.45) is 0 Å². The Kier molecular flexibility index (Phi) is 5.54. The van der Waals surface area contributed by atoms with Crippen LogP contribution in [-0.4, -0.2) is 51.2 Å². The van der Waals surface area contributed by atoms with Gasteiger partial charge in [-0.2, -0.15) is 5.10 Å². The summed E-state index contributed by atoms with van der Waals surface area (Å²) in [6.07, 6.45) is 5.72. The van der Waals surface area contributed by atoms with Gasteiger partial charge in [-0.15, -0.1) is 11.3 Å². The molecule has 1 N–H and O–H groups in total. The quantitative estimate of drug-likeness (QED) is 0.694. The van der Waals surface area contributed by atoms with Gasteiger partial charge in [0.1, 0.15) is 10.7 Å². The van der Waals surface area contributed by atoms with Crippen molar-refractivity contribution in [3.05, 3.63) is 53.3 Å². The zero-order valence-electron chi connectivity index (χ0n) is 16.3. The minimum absolute atomic E-state index is 0.0315. The molecule has 28 heavy (non-hydrogen) atoms.